The number of ether oxygens (including phenoxy) is 1. The number of methoxy groups -OCH3 is 1. The van der Waals surface area contributed by atoms with Gasteiger partial charge in [0.15, 0.2) is 0 Å². The molecule has 0 fully saturated rings. The van der Waals surface area contributed by atoms with Crippen LogP contribution in [0.4, 0.5) is 11.4 Å². The van der Waals surface area contributed by atoms with E-state index in [1.165, 1.54) is 5.56 Å². The van der Waals surface area contributed by atoms with Crippen LogP contribution >= 0.6 is 0 Å². The molecule has 0 aliphatic rings. The van der Waals surface area contributed by atoms with Crippen LogP contribution in [0.3, 0.4) is 0 Å². The van der Waals surface area contributed by atoms with Gasteiger partial charge >= 0.3 is 0 Å². The van der Waals surface area contributed by atoms with Crippen LogP contribution in [-0.4, -0.2) is 24.5 Å². The molecule has 0 bridgehead atoms. The lowest BCUT2D eigenvalue weighted by molar-refractivity contribution is -0.115. The van der Waals surface area contributed by atoms with Crippen molar-refractivity contribution in [3.05, 3.63) is 83.7 Å². The van der Waals surface area contributed by atoms with Crippen LogP contribution in [0.2, 0.25) is 0 Å². The SMILES string of the molecule is COc1ccc(C)c(N(CC(=O)Nc2cccnc2)Cc2ccc(C)cc2)c1. The van der Waals surface area contributed by atoms with Crippen LogP contribution in [0, 0.1) is 13.8 Å². The fraction of sp³-hybridized carbons (Fsp3) is 0.217. The fourth-order valence-corrected chi connectivity index (χ4v) is 3.01. The van der Waals surface area contributed by atoms with Crippen molar-refractivity contribution in [2.24, 2.45) is 0 Å². The third kappa shape index (κ3) is 5.10. The van der Waals surface area contributed by atoms with Crippen LogP contribution in [-0.2, 0) is 11.3 Å². The minimum atomic E-state index is -0.0951. The molecule has 1 aromatic heterocycles. The minimum absolute atomic E-state index is 0.0951. The standard InChI is InChI=1S/C23H25N3O2/c1-17-6-9-19(10-7-17)15-26(22-13-21(28-3)11-8-18(22)2)16-23(27)25-20-5-4-12-24-14-20/h4-14H,15-16H2,1-3H3,(H,25,27). The Morgan fingerprint density at radius 2 is 1.89 bits per heavy atom. The summed E-state index contributed by atoms with van der Waals surface area (Å²) in [6.45, 7) is 4.94. The number of aryl methyl sites for hydroxylation is 2. The Hall–Kier alpha value is -3.34. The average Bonchev–Trinajstić information content (AvgIpc) is 2.70. The first-order valence-corrected chi connectivity index (χ1v) is 9.20. The van der Waals surface area contributed by atoms with Gasteiger partial charge in [-0.15, -0.1) is 0 Å². The lowest BCUT2D eigenvalue weighted by atomic mass is 10.1. The van der Waals surface area contributed by atoms with E-state index >= 15 is 0 Å². The number of pyridine rings is 1. The van der Waals surface area contributed by atoms with Crippen molar-refractivity contribution in [1.82, 2.24) is 4.98 Å². The Bertz CT molecular complexity index is 924. The number of carbonyl (C=O) groups is 1. The molecule has 28 heavy (non-hydrogen) atoms. The van der Waals surface area contributed by atoms with E-state index in [0.29, 0.717) is 12.2 Å². The maximum Gasteiger partial charge on any atom is 0.243 e. The van der Waals surface area contributed by atoms with Gasteiger partial charge in [0.05, 0.1) is 25.5 Å². The van der Waals surface area contributed by atoms with Gasteiger partial charge in [0, 0.05) is 24.5 Å². The number of benzene rings is 2. The van der Waals surface area contributed by atoms with Gasteiger partial charge in [-0.05, 0) is 43.2 Å². The first-order valence-electron chi connectivity index (χ1n) is 9.20. The molecular weight excluding hydrogens is 350 g/mol. The second-order valence-corrected chi connectivity index (χ2v) is 6.78. The van der Waals surface area contributed by atoms with Crippen LogP contribution in [0.15, 0.2) is 67.0 Å². The van der Waals surface area contributed by atoms with Gasteiger partial charge in [-0.25, -0.2) is 0 Å². The van der Waals surface area contributed by atoms with Crippen LogP contribution < -0.4 is 15.0 Å². The summed E-state index contributed by atoms with van der Waals surface area (Å²) < 4.78 is 5.39. The van der Waals surface area contributed by atoms with Crippen molar-refractivity contribution in [2.45, 2.75) is 20.4 Å². The van der Waals surface area contributed by atoms with Gasteiger partial charge in [-0.2, -0.15) is 0 Å². The van der Waals surface area contributed by atoms with Crippen molar-refractivity contribution in [3.63, 3.8) is 0 Å². The predicted octanol–water partition coefficient (Wildman–Crippen LogP) is 4.35. The molecule has 0 aliphatic carbocycles. The maximum absolute atomic E-state index is 12.7. The van der Waals surface area contributed by atoms with Crippen molar-refractivity contribution in [3.8, 4) is 5.75 Å². The molecule has 0 aliphatic heterocycles. The van der Waals surface area contributed by atoms with Crippen molar-refractivity contribution in [2.75, 3.05) is 23.9 Å². The highest BCUT2D eigenvalue weighted by Gasteiger charge is 2.16. The highest BCUT2D eigenvalue weighted by molar-refractivity contribution is 5.94. The van der Waals surface area contributed by atoms with Crippen molar-refractivity contribution >= 4 is 17.3 Å². The summed E-state index contributed by atoms with van der Waals surface area (Å²) in [6, 6.07) is 17.9. The minimum Gasteiger partial charge on any atom is -0.497 e. The third-order valence-electron chi connectivity index (χ3n) is 4.53. The first-order chi connectivity index (χ1) is 13.5. The third-order valence-corrected chi connectivity index (χ3v) is 4.53. The van der Waals surface area contributed by atoms with E-state index in [1.54, 1.807) is 25.6 Å². The van der Waals surface area contributed by atoms with Gasteiger partial charge in [-0.1, -0.05) is 35.9 Å². The summed E-state index contributed by atoms with van der Waals surface area (Å²) in [5, 5.41) is 2.91. The number of carbonyl (C=O) groups excluding carboxylic acids is 1. The number of rotatable bonds is 7. The quantitative estimate of drug-likeness (QED) is 0.667. The summed E-state index contributed by atoms with van der Waals surface area (Å²) in [4.78, 5) is 18.8. The van der Waals surface area contributed by atoms with E-state index in [2.05, 4.69) is 46.4 Å². The molecule has 3 rings (SSSR count). The number of amides is 1. The van der Waals surface area contributed by atoms with E-state index in [0.717, 1.165) is 22.6 Å². The molecule has 1 N–H and O–H groups in total. The summed E-state index contributed by atoms with van der Waals surface area (Å²) in [5.74, 6) is 0.671. The summed E-state index contributed by atoms with van der Waals surface area (Å²) in [7, 11) is 1.65. The molecule has 0 unspecified atom stereocenters. The van der Waals surface area contributed by atoms with E-state index in [-0.39, 0.29) is 12.5 Å². The second-order valence-electron chi connectivity index (χ2n) is 6.78. The van der Waals surface area contributed by atoms with Crippen molar-refractivity contribution in [1.29, 1.82) is 0 Å². The Balaban J connectivity index is 1.85. The lowest BCUT2D eigenvalue weighted by Gasteiger charge is -2.26. The fourth-order valence-electron chi connectivity index (χ4n) is 3.01. The predicted molar refractivity (Wildman–Crippen MR) is 113 cm³/mol. The van der Waals surface area contributed by atoms with Crippen LogP contribution in [0.25, 0.3) is 0 Å². The first kappa shape index (κ1) is 19.4. The normalized spacial score (nSPS) is 10.4. The average molecular weight is 375 g/mol. The number of hydrogen-bond donors (Lipinski definition) is 1. The molecule has 1 heterocycles. The molecule has 1 amide bonds. The zero-order valence-corrected chi connectivity index (χ0v) is 16.5. The Kier molecular flexibility index (Phi) is 6.27. The van der Waals surface area contributed by atoms with Gasteiger partial charge in [0.25, 0.3) is 0 Å². The summed E-state index contributed by atoms with van der Waals surface area (Å²) in [5.41, 5.74) is 5.10. The van der Waals surface area contributed by atoms with E-state index in [9.17, 15) is 4.79 Å². The number of hydrogen-bond acceptors (Lipinski definition) is 4. The monoisotopic (exact) mass is 375 g/mol. The van der Waals surface area contributed by atoms with E-state index in [1.807, 2.05) is 31.2 Å². The second kappa shape index (κ2) is 9.04. The van der Waals surface area contributed by atoms with Crippen molar-refractivity contribution < 1.29 is 9.53 Å². The highest BCUT2D eigenvalue weighted by Crippen LogP contribution is 2.27. The largest absolute Gasteiger partial charge is 0.497 e. The van der Waals surface area contributed by atoms with Crippen LogP contribution in [0.5, 0.6) is 5.75 Å². The molecular formula is C23H25N3O2. The number of aromatic nitrogens is 1. The molecule has 2 aromatic carbocycles. The van der Waals surface area contributed by atoms with Gasteiger partial charge in [0.2, 0.25) is 5.91 Å². The summed E-state index contributed by atoms with van der Waals surface area (Å²) in [6.07, 6.45) is 3.32. The molecule has 5 heteroatoms. The van der Waals surface area contributed by atoms with Gasteiger partial charge < -0.3 is 15.0 Å². The Morgan fingerprint density at radius 3 is 2.57 bits per heavy atom. The lowest BCUT2D eigenvalue weighted by Crippen LogP contribution is -2.33. The number of anilines is 2. The molecule has 0 saturated heterocycles. The number of nitrogens with one attached hydrogen (secondary N) is 1. The maximum atomic E-state index is 12.7. The number of nitrogens with zero attached hydrogens (tertiary/aromatic N) is 2. The van der Waals surface area contributed by atoms with Gasteiger partial charge in [-0.3, -0.25) is 9.78 Å². The zero-order valence-electron chi connectivity index (χ0n) is 16.5. The summed E-state index contributed by atoms with van der Waals surface area (Å²) >= 11 is 0. The van der Waals surface area contributed by atoms with E-state index in [4.69, 9.17) is 4.74 Å². The van der Waals surface area contributed by atoms with Gasteiger partial charge in [0.1, 0.15) is 5.75 Å². The topological polar surface area (TPSA) is 54.5 Å². The molecule has 0 radical (unpaired) electrons. The molecule has 0 spiro atoms. The molecule has 3 aromatic rings. The zero-order chi connectivity index (χ0) is 19.9. The van der Waals surface area contributed by atoms with Crippen LogP contribution in [0.1, 0.15) is 16.7 Å². The Labute approximate surface area is 166 Å². The molecule has 0 atom stereocenters. The van der Waals surface area contributed by atoms with E-state index < -0.39 is 0 Å². The molecule has 5 nitrogen and oxygen atoms in total. The molecule has 0 saturated carbocycles. The highest BCUT2D eigenvalue weighted by atomic mass is 16.5. The molecule has 144 valence electrons. The Morgan fingerprint density at radius 1 is 1.11 bits per heavy atom. The smallest absolute Gasteiger partial charge is 0.243 e.